The molecule has 1 unspecified atom stereocenters. The van der Waals surface area contributed by atoms with E-state index in [2.05, 4.69) is 15.0 Å². The maximum Gasteiger partial charge on any atom is 0.410 e. The molecule has 3 rings (SSSR count). The number of nitrogens with one attached hydrogen (secondary N) is 1. The first-order valence-electron chi connectivity index (χ1n) is 8.26. The molecule has 0 radical (unpaired) electrons. The molecule has 1 fully saturated rings. The van der Waals surface area contributed by atoms with Gasteiger partial charge in [0.15, 0.2) is 11.5 Å². The van der Waals surface area contributed by atoms with Gasteiger partial charge in [0, 0.05) is 31.3 Å². The van der Waals surface area contributed by atoms with E-state index in [1.165, 1.54) is 0 Å². The summed E-state index contributed by atoms with van der Waals surface area (Å²) in [5, 5.41) is 0. The summed E-state index contributed by atoms with van der Waals surface area (Å²) in [6, 6.07) is 1.07. The van der Waals surface area contributed by atoms with Crippen LogP contribution in [0.25, 0.3) is 11.2 Å². The van der Waals surface area contributed by atoms with Crippen molar-refractivity contribution in [2.45, 2.75) is 45.1 Å². The zero-order valence-corrected chi connectivity index (χ0v) is 14.5. The summed E-state index contributed by atoms with van der Waals surface area (Å²) in [7, 11) is 0. The largest absolute Gasteiger partial charge is 0.444 e. The van der Waals surface area contributed by atoms with Gasteiger partial charge in [0.2, 0.25) is 0 Å². The number of carbonyl (C=O) groups is 1. The molecule has 1 N–H and O–H groups in total. The first kappa shape index (κ1) is 17.3. The summed E-state index contributed by atoms with van der Waals surface area (Å²) in [6.07, 6.45) is 2.90. The number of amides is 1. The monoisotopic (exact) mass is 348 g/mol. The lowest BCUT2D eigenvalue weighted by Gasteiger charge is -2.33. The van der Waals surface area contributed by atoms with Crippen LogP contribution in [0, 0.1) is 5.82 Å². The Morgan fingerprint density at radius 3 is 2.92 bits per heavy atom. The van der Waals surface area contributed by atoms with E-state index in [9.17, 15) is 14.0 Å². The molecule has 134 valence electrons. The second-order valence-electron chi connectivity index (χ2n) is 7.24. The van der Waals surface area contributed by atoms with Crippen molar-refractivity contribution in [3.8, 4) is 0 Å². The molecular formula is C17H21FN4O3. The van der Waals surface area contributed by atoms with Gasteiger partial charge in [-0.05, 0) is 33.6 Å². The van der Waals surface area contributed by atoms with Crippen LogP contribution in [0.3, 0.4) is 0 Å². The van der Waals surface area contributed by atoms with E-state index < -0.39 is 17.0 Å². The molecule has 1 saturated heterocycles. The Bertz CT molecular complexity index is 859. The Morgan fingerprint density at radius 1 is 1.44 bits per heavy atom. The Balaban J connectivity index is 1.81. The Morgan fingerprint density at radius 2 is 2.20 bits per heavy atom. The van der Waals surface area contributed by atoms with E-state index >= 15 is 0 Å². The van der Waals surface area contributed by atoms with Crippen molar-refractivity contribution >= 4 is 17.3 Å². The quantitative estimate of drug-likeness (QED) is 0.856. The third-order valence-electron chi connectivity index (χ3n) is 4.02. The minimum Gasteiger partial charge on any atom is -0.444 e. The summed E-state index contributed by atoms with van der Waals surface area (Å²) in [6.45, 7) is 6.60. The van der Waals surface area contributed by atoms with Gasteiger partial charge >= 0.3 is 6.09 Å². The smallest absolute Gasteiger partial charge is 0.410 e. The number of halogens is 1. The van der Waals surface area contributed by atoms with Gasteiger partial charge < -0.3 is 14.6 Å². The molecule has 0 bridgehead atoms. The molecule has 8 heteroatoms. The summed E-state index contributed by atoms with van der Waals surface area (Å²) >= 11 is 0. The summed E-state index contributed by atoms with van der Waals surface area (Å²) in [5.74, 6) is -0.893. The number of nitrogens with zero attached hydrogens (tertiary/aromatic N) is 3. The van der Waals surface area contributed by atoms with Crippen LogP contribution in [0.15, 0.2) is 17.1 Å². The molecule has 7 nitrogen and oxygen atoms in total. The van der Waals surface area contributed by atoms with Gasteiger partial charge in [-0.1, -0.05) is 0 Å². The van der Waals surface area contributed by atoms with Crippen molar-refractivity contribution in [3.63, 3.8) is 0 Å². The van der Waals surface area contributed by atoms with Gasteiger partial charge in [0.25, 0.3) is 5.56 Å². The first-order chi connectivity index (χ1) is 11.7. The summed E-state index contributed by atoms with van der Waals surface area (Å²) in [4.78, 5) is 36.3. The molecule has 0 aromatic carbocycles. The second kappa shape index (κ2) is 6.42. The molecule has 0 saturated carbocycles. The van der Waals surface area contributed by atoms with Crippen LogP contribution >= 0.6 is 0 Å². The lowest BCUT2D eigenvalue weighted by atomic mass is 9.95. The van der Waals surface area contributed by atoms with Crippen LogP contribution in [0.2, 0.25) is 0 Å². The number of H-pyrrole nitrogens is 1. The molecule has 1 aliphatic heterocycles. The maximum atomic E-state index is 13.3. The number of carbonyl (C=O) groups excluding carboxylic acids is 1. The SMILES string of the molecule is CC(C)(C)OC(=O)N1CCCC(c2cnc3cc(F)c(=O)[nH]c3n2)C1. The standard InChI is InChI=1S/C17H21FN4O3/c1-17(2,3)25-16(24)22-6-4-5-10(9-22)13-8-19-12-7-11(18)15(23)21-14(12)20-13/h7-8,10H,4-6,9H2,1-3H3,(H,20,21,23). The van der Waals surface area contributed by atoms with Crippen molar-refractivity contribution in [1.29, 1.82) is 0 Å². The van der Waals surface area contributed by atoms with E-state index in [4.69, 9.17) is 4.74 Å². The zero-order chi connectivity index (χ0) is 18.2. The minimum absolute atomic E-state index is 0.00766. The fourth-order valence-corrected chi connectivity index (χ4v) is 2.87. The third-order valence-corrected chi connectivity index (χ3v) is 4.02. The third kappa shape index (κ3) is 3.94. The molecule has 0 aliphatic carbocycles. The van der Waals surface area contributed by atoms with Gasteiger partial charge in [-0.3, -0.25) is 9.78 Å². The van der Waals surface area contributed by atoms with E-state index in [1.54, 1.807) is 11.1 Å². The summed E-state index contributed by atoms with van der Waals surface area (Å²) < 4.78 is 18.7. The molecule has 1 amide bonds. The maximum absolute atomic E-state index is 13.3. The number of aromatic amines is 1. The van der Waals surface area contributed by atoms with Crippen molar-refractivity contribution in [3.05, 3.63) is 34.1 Å². The number of pyridine rings is 1. The predicted octanol–water partition coefficient (Wildman–Crippen LogP) is 2.57. The molecule has 2 aromatic heterocycles. The minimum atomic E-state index is -0.886. The van der Waals surface area contributed by atoms with Gasteiger partial charge in [0.05, 0.1) is 5.69 Å². The number of rotatable bonds is 1. The van der Waals surface area contributed by atoms with Crippen LogP contribution < -0.4 is 5.56 Å². The number of hydrogen-bond acceptors (Lipinski definition) is 5. The number of ether oxygens (including phenoxy) is 1. The first-order valence-corrected chi connectivity index (χ1v) is 8.26. The van der Waals surface area contributed by atoms with Gasteiger partial charge in [-0.2, -0.15) is 0 Å². The molecule has 25 heavy (non-hydrogen) atoms. The van der Waals surface area contributed by atoms with Crippen LogP contribution in [0.1, 0.15) is 45.2 Å². The predicted molar refractivity (Wildman–Crippen MR) is 89.9 cm³/mol. The average molecular weight is 348 g/mol. The molecular weight excluding hydrogens is 327 g/mol. The normalized spacial score (nSPS) is 18.4. The van der Waals surface area contributed by atoms with E-state index in [0.717, 1.165) is 18.9 Å². The van der Waals surface area contributed by atoms with Crippen molar-refractivity contribution in [1.82, 2.24) is 19.9 Å². The fourth-order valence-electron chi connectivity index (χ4n) is 2.87. The topological polar surface area (TPSA) is 88.2 Å². The number of likely N-dealkylation sites (tertiary alicyclic amines) is 1. The fraction of sp³-hybridized carbons (Fsp3) is 0.529. The lowest BCUT2D eigenvalue weighted by molar-refractivity contribution is 0.0197. The Labute approximate surface area is 144 Å². The lowest BCUT2D eigenvalue weighted by Crippen LogP contribution is -2.42. The van der Waals surface area contributed by atoms with E-state index in [1.807, 2.05) is 20.8 Å². The molecule has 1 aliphatic rings. The Kier molecular flexibility index (Phi) is 4.45. The number of hydrogen-bond donors (Lipinski definition) is 1. The van der Waals surface area contributed by atoms with E-state index in [0.29, 0.717) is 24.3 Å². The zero-order valence-electron chi connectivity index (χ0n) is 14.5. The number of fused-ring (bicyclic) bond motifs is 1. The highest BCUT2D eigenvalue weighted by molar-refractivity contribution is 5.69. The highest BCUT2D eigenvalue weighted by Gasteiger charge is 2.29. The molecule has 3 heterocycles. The Hall–Kier alpha value is -2.51. The van der Waals surface area contributed by atoms with Crippen molar-refractivity contribution in [2.75, 3.05) is 13.1 Å². The second-order valence-corrected chi connectivity index (χ2v) is 7.24. The van der Waals surface area contributed by atoms with Gasteiger partial charge in [-0.15, -0.1) is 0 Å². The average Bonchev–Trinajstić information content (AvgIpc) is 2.54. The van der Waals surface area contributed by atoms with Crippen LogP contribution in [0.5, 0.6) is 0 Å². The number of piperidine rings is 1. The molecule has 1 atom stereocenters. The van der Waals surface area contributed by atoms with Crippen LogP contribution in [-0.2, 0) is 4.74 Å². The van der Waals surface area contributed by atoms with Gasteiger partial charge in [0.1, 0.15) is 11.1 Å². The van der Waals surface area contributed by atoms with Crippen LogP contribution in [0.4, 0.5) is 9.18 Å². The van der Waals surface area contributed by atoms with Crippen molar-refractivity contribution in [2.24, 2.45) is 0 Å². The molecule has 2 aromatic rings. The van der Waals surface area contributed by atoms with E-state index in [-0.39, 0.29) is 17.7 Å². The highest BCUT2D eigenvalue weighted by atomic mass is 19.1. The highest BCUT2D eigenvalue weighted by Crippen LogP contribution is 2.27. The van der Waals surface area contributed by atoms with Crippen LogP contribution in [-0.4, -0.2) is 44.6 Å². The van der Waals surface area contributed by atoms with Gasteiger partial charge in [-0.25, -0.2) is 14.2 Å². The molecule has 0 spiro atoms. The summed E-state index contributed by atoms with van der Waals surface area (Å²) in [5.41, 5.74) is -0.156. The number of aromatic nitrogens is 3. The van der Waals surface area contributed by atoms with Crippen molar-refractivity contribution < 1.29 is 13.9 Å².